The van der Waals surface area contributed by atoms with Crippen LogP contribution in [0.1, 0.15) is 37.3 Å². The lowest BCUT2D eigenvalue weighted by Crippen LogP contribution is -2.38. The largest absolute Gasteiger partial charge is 0.376 e. The fraction of sp³-hybridized carbons (Fsp3) is 0.565. The third-order valence-corrected chi connectivity index (χ3v) is 7.19. The normalized spacial score (nSPS) is 28.6. The van der Waals surface area contributed by atoms with E-state index in [1.165, 1.54) is 18.4 Å². The molecule has 1 saturated heterocycles. The van der Waals surface area contributed by atoms with E-state index in [-0.39, 0.29) is 12.1 Å². The highest BCUT2D eigenvalue weighted by atomic mass is 16.5. The molecule has 8 nitrogen and oxygen atoms in total. The minimum absolute atomic E-state index is 0.211. The van der Waals surface area contributed by atoms with Crippen LogP contribution >= 0.6 is 0 Å². The Morgan fingerprint density at radius 2 is 1.94 bits per heavy atom. The Hall–Kier alpha value is -2.58. The number of fused-ring (bicyclic) bond motifs is 1. The molecule has 1 N–H and O–H groups in total. The Morgan fingerprint density at radius 1 is 1.10 bits per heavy atom. The summed E-state index contributed by atoms with van der Waals surface area (Å²) in [5, 5.41) is 16.0. The number of hydrogen-bond donors (Lipinski definition) is 1. The maximum Gasteiger partial charge on any atom is 0.113 e. The highest BCUT2D eigenvalue weighted by Crippen LogP contribution is 2.43. The molecule has 0 amide bonds. The third-order valence-electron chi connectivity index (χ3n) is 7.19. The van der Waals surface area contributed by atoms with Gasteiger partial charge in [0.25, 0.3) is 0 Å². The summed E-state index contributed by atoms with van der Waals surface area (Å²) < 4.78 is 8.58. The van der Waals surface area contributed by atoms with E-state index in [0.29, 0.717) is 11.8 Å². The molecule has 2 aliphatic carbocycles. The summed E-state index contributed by atoms with van der Waals surface area (Å²) in [5.74, 6) is 2.13. The van der Waals surface area contributed by atoms with Crippen molar-refractivity contribution < 1.29 is 4.74 Å². The number of aromatic amines is 1. The molecule has 31 heavy (non-hydrogen) atoms. The summed E-state index contributed by atoms with van der Waals surface area (Å²) in [7, 11) is 0. The quantitative estimate of drug-likeness (QED) is 0.634. The van der Waals surface area contributed by atoms with E-state index in [1.54, 1.807) is 12.4 Å². The van der Waals surface area contributed by atoms with Gasteiger partial charge < -0.3 is 4.74 Å². The van der Waals surface area contributed by atoms with Gasteiger partial charge in [0.15, 0.2) is 0 Å². The van der Waals surface area contributed by atoms with Gasteiger partial charge in [-0.05, 0) is 55.6 Å². The van der Waals surface area contributed by atoms with Crippen LogP contribution < -0.4 is 0 Å². The van der Waals surface area contributed by atoms with Crippen LogP contribution in [0.5, 0.6) is 0 Å². The van der Waals surface area contributed by atoms with Gasteiger partial charge in [-0.3, -0.25) is 15.0 Å². The lowest BCUT2D eigenvalue weighted by atomic mass is 9.77. The number of rotatable bonds is 7. The van der Waals surface area contributed by atoms with Crippen molar-refractivity contribution in [2.45, 2.75) is 44.4 Å². The molecule has 162 valence electrons. The zero-order valence-electron chi connectivity index (χ0n) is 17.7. The van der Waals surface area contributed by atoms with Crippen LogP contribution in [0.2, 0.25) is 0 Å². The summed E-state index contributed by atoms with van der Waals surface area (Å²) in [5.41, 5.74) is 3.21. The molecular weight excluding hydrogens is 390 g/mol. The van der Waals surface area contributed by atoms with Gasteiger partial charge in [-0.25, -0.2) is 4.68 Å². The second kappa shape index (κ2) is 8.16. The van der Waals surface area contributed by atoms with Gasteiger partial charge in [-0.1, -0.05) is 5.21 Å². The van der Waals surface area contributed by atoms with E-state index in [4.69, 9.17) is 4.74 Å². The Labute approximate surface area is 182 Å². The topological polar surface area (TPSA) is 84.8 Å². The Bertz CT molecular complexity index is 985. The van der Waals surface area contributed by atoms with Gasteiger partial charge in [0.05, 0.1) is 24.5 Å². The Balaban J connectivity index is 1.20. The molecule has 3 aromatic heterocycles. The molecule has 1 aliphatic heterocycles. The standard InChI is InChI=1S/C23H29N7O/c1-2-16(1)15-31-23-8-20-13-29(11-17-9-25-26-10-17)12-19(20)7-22(23)30-14-21(27-28-30)18-3-5-24-6-4-18/h3-6,9-10,14,16,19-20,22-23H,1-2,7-8,11-13,15H2,(H,25,26)/t19-,20+,22-,23-/m1/s1. The fourth-order valence-corrected chi connectivity index (χ4v) is 5.33. The molecule has 0 radical (unpaired) electrons. The van der Waals surface area contributed by atoms with Crippen LogP contribution in [-0.2, 0) is 11.3 Å². The van der Waals surface area contributed by atoms with Crippen molar-refractivity contribution in [3.05, 3.63) is 48.7 Å². The Kier molecular flexibility index (Phi) is 5.04. The molecule has 8 heteroatoms. The van der Waals surface area contributed by atoms with E-state index in [1.807, 2.05) is 24.5 Å². The van der Waals surface area contributed by atoms with E-state index in [2.05, 4.69) is 41.3 Å². The summed E-state index contributed by atoms with van der Waals surface area (Å²) >= 11 is 0. The monoisotopic (exact) mass is 419 g/mol. The van der Waals surface area contributed by atoms with Gasteiger partial charge in [0.1, 0.15) is 5.69 Å². The number of pyridine rings is 1. The number of ether oxygens (including phenoxy) is 1. The lowest BCUT2D eigenvalue weighted by Gasteiger charge is -2.37. The summed E-state index contributed by atoms with van der Waals surface area (Å²) in [6, 6.07) is 4.21. The minimum atomic E-state index is 0.211. The highest BCUT2D eigenvalue weighted by Gasteiger charge is 2.44. The van der Waals surface area contributed by atoms with Crippen molar-refractivity contribution in [3.8, 4) is 11.3 Å². The smallest absolute Gasteiger partial charge is 0.113 e. The van der Waals surface area contributed by atoms with Crippen LogP contribution in [0.4, 0.5) is 0 Å². The van der Waals surface area contributed by atoms with Crippen LogP contribution in [0.15, 0.2) is 43.1 Å². The van der Waals surface area contributed by atoms with E-state index in [0.717, 1.165) is 56.3 Å². The highest BCUT2D eigenvalue weighted by molar-refractivity contribution is 5.56. The first-order chi connectivity index (χ1) is 15.3. The first-order valence-corrected chi connectivity index (χ1v) is 11.5. The predicted octanol–water partition coefficient (Wildman–Crippen LogP) is 2.94. The molecule has 0 spiro atoms. The fourth-order valence-electron chi connectivity index (χ4n) is 5.33. The van der Waals surface area contributed by atoms with Crippen molar-refractivity contribution in [3.63, 3.8) is 0 Å². The van der Waals surface area contributed by atoms with Crippen LogP contribution in [-0.4, -0.2) is 60.9 Å². The average Bonchev–Trinajstić information content (AvgIpc) is 3.18. The number of H-pyrrole nitrogens is 1. The predicted molar refractivity (Wildman–Crippen MR) is 115 cm³/mol. The number of likely N-dealkylation sites (tertiary alicyclic amines) is 1. The summed E-state index contributed by atoms with van der Waals surface area (Å²) in [6.07, 6.45) is 14.7. The second-order valence-corrected chi connectivity index (χ2v) is 9.49. The molecule has 0 aromatic carbocycles. The van der Waals surface area contributed by atoms with Crippen molar-refractivity contribution in [1.29, 1.82) is 0 Å². The molecule has 3 fully saturated rings. The van der Waals surface area contributed by atoms with Crippen LogP contribution in [0.25, 0.3) is 11.3 Å². The summed E-state index contributed by atoms with van der Waals surface area (Å²) in [4.78, 5) is 6.68. The molecule has 2 saturated carbocycles. The zero-order valence-corrected chi connectivity index (χ0v) is 17.7. The third kappa shape index (κ3) is 4.14. The maximum atomic E-state index is 6.51. The van der Waals surface area contributed by atoms with Gasteiger partial charge >= 0.3 is 0 Å². The maximum absolute atomic E-state index is 6.51. The number of nitrogens with one attached hydrogen (secondary N) is 1. The van der Waals surface area contributed by atoms with Crippen molar-refractivity contribution in [2.75, 3.05) is 19.7 Å². The van der Waals surface area contributed by atoms with E-state index in [9.17, 15) is 0 Å². The number of nitrogens with zero attached hydrogens (tertiary/aromatic N) is 6. The number of hydrogen-bond acceptors (Lipinski definition) is 6. The molecule has 4 heterocycles. The van der Waals surface area contributed by atoms with E-state index >= 15 is 0 Å². The average molecular weight is 420 g/mol. The molecule has 6 rings (SSSR count). The Morgan fingerprint density at radius 3 is 2.71 bits per heavy atom. The second-order valence-electron chi connectivity index (χ2n) is 9.49. The molecule has 3 aliphatic rings. The SMILES string of the molecule is c1cc(-c2cn([C@@H]3C[C@@H]4CN(Cc5cn[nH]c5)C[C@@H]4C[C@H]3OCC3CC3)nn2)ccn1. The number of aromatic nitrogens is 6. The molecule has 0 unspecified atom stereocenters. The zero-order chi connectivity index (χ0) is 20.6. The van der Waals surface area contributed by atoms with Crippen LogP contribution in [0, 0.1) is 17.8 Å². The first-order valence-electron chi connectivity index (χ1n) is 11.5. The van der Waals surface area contributed by atoms with Crippen molar-refractivity contribution in [2.24, 2.45) is 17.8 Å². The lowest BCUT2D eigenvalue weighted by molar-refractivity contribution is -0.0375. The van der Waals surface area contributed by atoms with Gasteiger partial charge in [-0.15, -0.1) is 5.10 Å². The van der Waals surface area contributed by atoms with Crippen molar-refractivity contribution in [1.82, 2.24) is 35.1 Å². The first kappa shape index (κ1) is 19.1. The molecule has 3 aromatic rings. The van der Waals surface area contributed by atoms with Gasteiger partial charge in [0, 0.05) is 56.0 Å². The van der Waals surface area contributed by atoms with Gasteiger partial charge in [-0.2, -0.15) is 5.10 Å². The molecule has 0 bridgehead atoms. The van der Waals surface area contributed by atoms with Crippen molar-refractivity contribution >= 4 is 0 Å². The summed E-state index contributed by atoms with van der Waals surface area (Å²) in [6.45, 7) is 4.14. The minimum Gasteiger partial charge on any atom is -0.376 e. The molecule has 4 atom stereocenters. The molecular formula is C23H29N7O. The van der Waals surface area contributed by atoms with Gasteiger partial charge in [0.2, 0.25) is 0 Å². The van der Waals surface area contributed by atoms with Crippen LogP contribution in [0.3, 0.4) is 0 Å². The van der Waals surface area contributed by atoms with E-state index < -0.39 is 0 Å².